The van der Waals surface area contributed by atoms with Gasteiger partial charge in [-0.2, -0.15) is 0 Å². The number of rotatable bonds is 4. The van der Waals surface area contributed by atoms with Gasteiger partial charge in [0.05, 0.1) is 82.9 Å². The Labute approximate surface area is 651 Å². The van der Waals surface area contributed by atoms with E-state index in [1.807, 2.05) is 224 Å². The zero-order valence-corrected chi connectivity index (χ0v) is 60.3. The van der Waals surface area contributed by atoms with Gasteiger partial charge in [0.25, 0.3) is 6.71 Å². The molecule has 0 aliphatic carbocycles. The summed E-state index contributed by atoms with van der Waals surface area (Å²) in [6.45, 7) is 14.9. The van der Waals surface area contributed by atoms with E-state index in [4.69, 9.17) is 0 Å². The van der Waals surface area contributed by atoms with Crippen LogP contribution in [-0.4, -0.2) is 25.0 Å². The van der Waals surface area contributed by atoms with Gasteiger partial charge in [0.1, 0.15) is 0 Å². The highest BCUT2D eigenvalue weighted by molar-refractivity contribution is 7.00. The molecule has 0 bridgehead atoms. The van der Waals surface area contributed by atoms with Gasteiger partial charge < -0.3 is 18.3 Å². The number of para-hydroxylation sites is 4. The van der Waals surface area contributed by atoms with Crippen LogP contribution in [-0.2, 0) is 16.2 Å². The molecule has 2 aliphatic heterocycles. The highest BCUT2D eigenvalue weighted by Crippen LogP contribution is 2.49. The van der Waals surface area contributed by atoms with Gasteiger partial charge in [-0.1, -0.05) is 317 Å². The highest BCUT2D eigenvalue weighted by Gasteiger charge is 2.42. The Morgan fingerprint density at radius 1 is 0.252 bits per heavy atom. The number of hydrogen-bond donors (Lipinski definition) is 0. The SMILES string of the molecule is [2H]c1c2c3c(c([2H])c1C(C)(C)C)-n1c4c(-c5ccccc5)cccc4c4ccccc4c4ccccc4c4c(-n5c6c([2H])c([2H])c([2H])c([2H])c6c6c([2H])c(C(C)(C)C)c([2H])c([2H])c65)c([2H])c([2H])c(c41)B3c1c([2H])c([2H])c(-n3c4c([2H])c([2H])c([2H])c([2H])c4c4c([2H])c(C(C)(C)C)c([2H])c([2H])c43)c3c4ccccc4c4ccccc4c4cccc(-c5ccccc5)c4n-2c13. The number of benzene rings is 15. The summed E-state index contributed by atoms with van der Waals surface area (Å²) in [7, 11) is 0. The van der Waals surface area contributed by atoms with E-state index in [-0.39, 0.29) is 158 Å². The zero-order chi connectivity index (χ0) is 89.5. The molecule has 6 heterocycles. The minimum atomic E-state index is -1.68. The first-order valence-electron chi connectivity index (χ1n) is 46.4. The quantitative estimate of drug-likeness (QED) is 0.157. The van der Waals surface area contributed by atoms with Crippen LogP contribution < -0.4 is 16.4 Å². The van der Waals surface area contributed by atoms with Crippen molar-refractivity contribution in [3.63, 3.8) is 0 Å². The first-order chi connectivity index (χ1) is 60.4. The van der Waals surface area contributed by atoms with Crippen LogP contribution in [0.5, 0.6) is 0 Å². The second kappa shape index (κ2) is 23.0. The van der Waals surface area contributed by atoms with Crippen LogP contribution in [0.3, 0.4) is 0 Å². The van der Waals surface area contributed by atoms with E-state index in [1.54, 1.807) is 41.5 Å². The second-order valence-electron chi connectivity index (χ2n) is 31.4. The van der Waals surface area contributed by atoms with Crippen molar-refractivity contribution in [2.24, 2.45) is 0 Å². The topological polar surface area (TPSA) is 19.7 Å². The summed E-state index contributed by atoms with van der Waals surface area (Å²) in [5.74, 6) is 0. The van der Waals surface area contributed by atoms with Crippen molar-refractivity contribution >= 4 is 153 Å². The van der Waals surface area contributed by atoms with Crippen LogP contribution in [0.4, 0.5) is 0 Å². The average molecular weight is 1390 g/mol. The van der Waals surface area contributed by atoms with Crippen molar-refractivity contribution in [1.82, 2.24) is 18.3 Å². The lowest BCUT2D eigenvalue weighted by atomic mass is 9.34. The summed E-state index contributed by atoms with van der Waals surface area (Å²) in [5.41, 5.74) is -0.164. The second-order valence-corrected chi connectivity index (χ2v) is 31.4. The van der Waals surface area contributed by atoms with Gasteiger partial charge in [-0.15, -0.1) is 0 Å². The summed E-state index contributed by atoms with van der Waals surface area (Å²) < 4.78 is 220. The van der Waals surface area contributed by atoms with E-state index < -0.39 is 108 Å². The van der Waals surface area contributed by atoms with Crippen LogP contribution in [0.15, 0.2) is 315 Å². The fraction of sp³-hybridized carbons (Fsp3) is 0.118. The van der Waals surface area contributed by atoms with E-state index >= 15 is 0 Å². The maximum Gasteiger partial charge on any atom is 0.252 e. The van der Waals surface area contributed by atoms with Gasteiger partial charge in [-0.25, -0.2) is 0 Å². The van der Waals surface area contributed by atoms with Crippen molar-refractivity contribution in [3.05, 3.63) is 332 Å². The van der Waals surface area contributed by atoms with E-state index in [1.165, 1.54) is 9.13 Å². The molecule has 0 fully saturated rings. The number of hydrogen-bond acceptors (Lipinski definition) is 0. The zero-order valence-electron chi connectivity index (χ0n) is 80.3. The third kappa shape index (κ3) is 9.23. The lowest BCUT2D eigenvalue weighted by molar-refractivity contribution is 0.589. The smallest absolute Gasteiger partial charge is 0.252 e. The Balaban J connectivity index is 1.16. The monoisotopic (exact) mass is 1390 g/mol. The van der Waals surface area contributed by atoms with Crippen LogP contribution in [0.2, 0.25) is 0 Å². The van der Waals surface area contributed by atoms with Gasteiger partial charge in [-0.05, 0) is 164 Å². The van der Waals surface area contributed by atoms with E-state index in [0.29, 0.717) is 87.1 Å². The molecule has 4 aromatic heterocycles. The fourth-order valence-corrected chi connectivity index (χ4v) is 17.0. The molecule has 510 valence electrons. The number of nitrogens with zero attached hydrogens (tertiary/aromatic N) is 4. The molecule has 0 amide bonds. The summed E-state index contributed by atoms with van der Waals surface area (Å²) in [6, 6.07) is 52.0. The predicted molar refractivity (Wildman–Crippen MR) is 461 cm³/mol. The molecule has 0 atom stereocenters. The van der Waals surface area contributed by atoms with Crippen LogP contribution in [0.1, 0.15) is 106 Å². The van der Waals surface area contributed by atoms with Gasteiger partial charge in [-0.3, -0.25) is 0 Å². The molecule has 0 unspecified atom stereocenters. The third-order valence-corrected chi connectivity index (χ3v) is 22.0. The number of aromatic nitrogens is 4. The van der Waals surface area contributed by atoms with Gasteiger partial charge in [0, 0.05) is 65.6 Å². The van der Waals surface area contributed by atoms with E-state index in [0.717, 1.165) is 0 Å². The molecule has 4 nitrogen and oxygen atoms in total. The largest absolute Gasteiger partial charge is 0.309 e. The minimum absolute atomic E-state index is 0.0112. The summed E-state index contributed by atoms with van der Waals surface area (Å²) >= 11 is 0. The Bertz CT molecular complexity index is 8030. The maximum atomic E-state index is 12.0. The van der Waals surface area contributed by atoms with Gasteiger partial charge in [0.15, 0.2) is 0 Å². The molecule has 0 spiro atoms. The highest BCUT2D eigenvalue weighted by atomic mass is 15.1. The van der Waals surface area contributed by atoms with E-state index in [9.17, 15) is 27.4 Å². The normalized spacial score (nSPS) is 15.5. The molecule has 0 radical (unpaired) electrons. The average Bonchev–Trinajstić information content (AvgIpc) is 1.51. The standard InChI is InChI=1S/C102H79BN4/c1-100(2,3)64-50-54-87-81(58-64)75-40-24-26-48-85(75)104(87)89-56-52-83-98-93(89)77-42-22-20-36-71(77)69-34-16-18-38-73(69)79-46-28-44-67(62-30-12-10-13-31-62)96(79)106(98)91-60-66(102(7,8)9)61-92-95(91)103(83)84-53-57-90(105-86-49-27-25-41-76(86)82-59-65(101(4,5)6)51-55-88(82)105)94-78-43-23-21-37-72(78)70-35-17-19-39-74(70)80-47-29-45-68(63-32-14-11-15-33-63)97(80)107(92)99(84)94/h10-61H,1-9H3/i24D,25D,26D,27D,40D,41D,48D,49D,50D,51D,52D,53D,54D,55D,56D,57D,58D,59D,60D,61D. The Morgan fingerprint density at radius 2 is 0.589 bits per heavy atom. The molecule has 19 aromatic rings. The predicted octanol–water partition coefficient (Wildman–Crippen LogP) is 25.3. The molecule has 0 saturated carbocycles. The third-order valence-electron chi connectivity index (χ3n) is 22.0. The van der Waals surface area contributed by atoms with Crippen LogP contribution in [0.25, 0.3) is 175 Å². The fourth-order valence-electron chi connectivity index (χ4n) is 17.0. The Morgan fingerprint density at radius 3 is 0.981 bits per heavy atom. The van der Waals surface area contributed by atoms with Crippen molar-refractivity contribution < 1.29 is 27.4 Å². The van der Waals surface area contributed by atoms with Crippen LogP contribution >= 0.6 is 0 Å². The Hall–Kier alpha value is -12.4. The van der Waals surface area contributed by atoms with Crippen LogP contribution in [0, 0.1) is 0 Å². The van der Waals surface area contributed by atoms with Gasteiger partial charge >= 0.3 is 0 Å². The van der Waals surface area contributed by atoms with E-state index in [2.05, 4.69) is 0 Å². The maximum absolute atomic E-state index is 12.0. The molecular weight excluding hydrogens is 1290 g/mol. The lowest BCUT2D eigenvalue weighted by Gasteiger charge is -2.38. The molecule has 21 rings (SSSR count). The van der Waals surface area contributed by atoms with Crippen molar-refractivity contribution in [1.29, 1.82) is 0 Å². The van der Waals surface area contributed by atoms with Gasteiger partial charge in [0.2, 0.25) is 0 Å². The molecule has 107 heavy (non-hydrogen) atoms. The summed E-state index contributed by atoms with van der Waals surface area (Å²) in [5, 5.41) is 5.34. The minimum Gasteiger partial charge on any atom is -0.309 e. The lowest BCUT2D eigenvalue weighted by Crippen LogP contribution is -2.60. The summed E-state index contributed by atoms with van der Waals surface area (Å²) in [6.07, 6.45) is 0. The molecule has 0 N–H and O–H groups in total. The number of fused-ring (bicyclic) bond motifs is 24. The Kier molecular flexibility index (Phi) is 9.84. The van der Waals surface area contributed by atoms with Crippen molar-refractivity contribution in [3.8, 4) is 45.0 Å². The summed E-state index contributed by atoms with van der Waals surface area (Å²) in [4.78, 5) is 0. The molecule has 15 aromatic carbocycles. The molecule has 2 aliphatic rings. The molecule has 0 saturated heterocycles. The first kappa shape index (κ1) is 45.7. The molecule has 5 heteroatoms. The van der Waals surface area contributed by atoms with Crippen molar-refractivity contribution in [2.75, 3.05) is 0 Å². The molecular formula is C102H79BN4. The van der Waals surface area contributed by atoms with Crippen molar-refractivity contribution in [2.45, 2.75) is 78.6 Å². The first-order valence-corrected chi connectivity index (χ1v) is 36.4.